The van der Waals surface area contributed by atoms with E-state index in [1.54, 1.807) is 6.07 Å². The first kappa shape index (κ1) is 23.7. The lowest BCUT2D eigenvalue weighted by molar-refractivity contribution is 0.100. The van der Waals surface area contributed by atoms with Crippen LogP contribution in [0.2, 0.25) is 0 Å². The van der Waals surface area contributed by atoms with Crippen LogP contribution in [0.1, 0.15) is 27.4 Å². The summed E-state index contributed by atoms with van der Waals surface area (Å²) in [6, 6.07) is 19.4. The average Bonchev–Trinajstić information content (AvgIpc) is 2.78. The molecular weight excluding hydrogens is 452 g/mol. The Morgan fingerprint density at radius 1 is 1.12 bits per heavy atom. The maximum absolute atomic E-state index is 12.2. The van der Waals surface area contributed by atoms with E-state index in [2.05, 4.69) is 15.6 Å². The second kappa shape index (κ2) is 9.80. The summed E-state index contributed by atoms with van der Waals surface area (Å²) in [5.74, 6) is 0.190. The maximum atomic E-state index is 12.2. The third-order valence-electron chi connectivity index (χ3n) is 5.79. The molecule has 2 heterocycles. The SMILES string of the molecule is CN(C)S(=O)(=O)N1CC(c2ccc(Nc3cc(NCc4ccccc4)c(C(N)=O)cn3)cc2)C1. The van der Waals surface area contributed by atoms with E-state index in [-0.39, 0.29) is 5.92 Å². The molecule has 9 nitrogen and oxygen atoms in total. The van der Waals surface area contributed by atoms with Crippen LogP contribution in [0.25, 0.3) is 0 Å². The Labute approximate surface area is 199 Å². The van der Waals surface area contributed by atoms with Crippen LogP contribution in [-0.4, -0.2) is 55.1 Å². The lowest BCUT2D eigenvalue weighted by Gasteiger charge is -2.39. The Morgan fingerprint density at radius 2 is 1.79 bits per heavy atom. The maximum Gasteiger partial charge on any atom is 0.281 e. The fraction of sp³-hybridized carbons (Fsp3) is 0.250. The van der Waals surface area contributed by atoms with Gasteiger partial charge in [0.25, 0.3) is 16.1 Å². The van der Waals surface area contributed by atoms with Crippen molar-refractivity contribution in [2.75, 3.05) is 37.8 Å². The van der Waals surface area contributed by atoms with Crippen molar-refractivity contribution in [3.63, 3.8) is 0 Å². The molecule has 4 N–H and O–H groups in total. The molecule has 0 aliphatic carbocycles. The molecule has 34 heavy (non-hydrogen) atoms. The Morgan fingerprint density at radius 3 is 2.41 bits per heavy atom. The van der Waals surface area contributed by atoms with E-state index in [0.29, 0.717) is 36.7 Å². The van der Waals surface area contributed by atoms with Gasteiger partial charge in [-0.1, -0.05) is 42.5 Å². The molecule has 1 fully saturated rings. The lowest BCUT2D eigenvalue weighted by Crippen LogP contribution is -2.52. The van der Waals surface area contributed by atoms with Crippen LogP contribution in [-0.2, 0) is 16.8 Å². The third-order valence-corrected chi connectivity index (χ3v) is 7.66. The summed E-state index contributed by atoms with van der Waals surface area (Å²) >= 11 is 0. The number of rotatable bonds is 9. The van der Waals surface area contributed by atoms with Crippen molar-refractivity contribution in [3.8, 4) is 0 Å². The van der Waals surface area contributed by atoms with Gasteiger partial charge in [0, 0.05) is 57.6 Å². The zero-order valence-corrected chi connectivity index (χ0v) is 19.9. The van der Waals surface area contributed by atoms with Crippen LogP contribution in [0, 0.1) is 0 Å². The van der Waals surface area contributed by atoms with Gasteiger partial charge in [0.05, 0.1) is 11.3 Å². The zero-order chi connectivity index (χ0) is 24.3. The Bertz CT molecular complexity index is 1260. The van der Waals surface area contributed by atoms with Gasteiger partial charge >= 0.3 is 0 Å². The number of nitrogens with one attached hydrogen (secondary N) is 2. The first-order chi connectivity index (χ1) is 16.2. The summed E-state index contributed by atoms with van der Waals surface area (Å²) in [6.45, 7) is 1.49. The Balaban J connectivity index is 1.42. The summed E-state index contributed by atoms with van der Waals surface area (Å²) in [7, 11) is -0.284. The number of amides is 1. The number of anilines is 3. The highest BCUT2D eigenvalue weighted by Crippen LogP contribution is 2.31. The molecule has 1 aliphatic heterocycles. The standard InChI is InChI=1S/C24H28N6O3S/c1-29(2)34(32,33)30-15-19(16-30)18-8-10-20(11-9-18)28-23-12-22(21(14-27-23)24(25)31)26-13-17-6-4-3-5-7-17/h3-12,14,19H,13,15-16H2,1-2H3,(H2,25,31)(H2,26,27,28). The monoisotopic (exact) mass is 480 g/mol. The normalized spacial score (nSPS) is 14.6. The first-order valence-corrected chi connectivity index (χ1v) is 12.3. The molecule has 1 aliphatic rings. The molecule has 1 aromatic heterocycles. The minimum atomic E-state index is -3.36. The second-order valence-corrected chi connectivity index (χ2v) is 10.5. The third kappa shape index (κ3) is 5.19. The summed E-state index contributed by atoms with van der Waals surface area (Å²) in [5, 5.41) is 6.51. The number of carbonyl (C=O) groups is 1. The quantitative estimate of drug-likeness (QED) is 0.433. The number of nitrogens with zero attached hydrogens (tertiary/aromatic N) is 3. The van der Waals surface area contributed by atoms with Gasteiger partial charge in [0.15, 0.2) is 0 Å². The van der Waals surface area contributed by atoms with Crippen LogP contribution < -0.4 is 16.4 Å². The van der Waals surface area contributed by atoms with Crippen LogP contribution in [0.5, 0.6) is 0 Å². The summed E-state index contributed by atoms with van der Waals surface area (Å²) < 4.78 is 27.0. The zero-order valence-electron chi connectivity index (χ0n) is 19.1. The van der Waals surface area contributed by atoms with E-state index in [9.17, 15) is 13.2 Å². The van der Waals surface area contributed by atoms with E-state index in [4.69, 9.17) is 5.73 Å². The topological polar surface area (TPSA) is 121 Å². The van der Waals surface area contributed by atoms with Crippen molar-refractivity contribution >= 4 is 33.3 Å². The fourth-order valence-corrected chi connectivity index (χ4v) is 4.91. The van der Waals surface area contributed by atoms with E-state index in [0.717, 1.165) is 16.8 Å². The van der Waals surface area contributed by atoms with Gasteiger partial charge in [0.2, 0.25) is 0 Å². The van der Waals surface area contributed by atoms with Crippen LogP contribution in [0.3, 0.4) is 0 Å². The Hall–Kier alpha value is -3.47. The minimum absolute atomic E-state index is 0.172. The highest BCUT2D eigenvalue weighted by Gasteiger charge is 2.37. The number of hydrogen-bond acceptors (Lipinski definition) is 6. The minimum Gasteiger partial charge on any atom is -0.380 e. The van der Waals surface area contributed by atoms with Gasteiger partial charge in [-0.2, -0.15) is 17.0 Å². The summed E-state index contributed by atoms with van der Waals surface area (Å²) in [6.07, 6.45) is 1.46. The van der Waals surface area contributed by atoms with E-state index < -0.39 is 16.1 Å². The van der Waals surface area contributed by atoms with Gasteiger partial charge in [-0.05, 0) is 23.3 Å². The lowest BCUT2D eigenvalue weighted by atomic mass is 9.93. The van der Waals surface area contributed by atoms with Crippen molar-refractivity contribution in [2.45, 2.75) is 12.5 Å². The highest BCUT2D eigenvalue weighted by atomic mass is 32.2. The van der Waals surface area contributed by atoms with Gasteiger partial charge < -0.3 is 16.4 Å². The van der Waals surface area contributed by atoms with E-state index in [1.807, 2.05) is 54.6 Å². The number of hydrogen-bond donors (Lipinski definition) is 3. The molecule has 1 amide bonds. The number of aromatic nitrogens is 1. The average molecular weight is 481 g/mol. The molecule has 0 atom stereocenters. The molecule has 3 aromatic rings. The smallest absolute Gasteiger partial charge is 0.281 e. The van der Waals surface area contributed by atoms with Gasteiger partial charge in [-0.25, -0.2) is 4.98 Å². The molecule has 4 rings (SSSR count). The largest absolute Gasteiger partial charge is 0.380 e. The molecule has 2 aromatic carbocycles. The molecular formula is C24H28N6O3S. The number of pyridine rings is 1. The predicted molar refractivity (Wildman–Crippen MR) is 133 cm³/mol. The molecule has 178 valence electrons. The number of primary amides is 1. The number of nitrogens with two attached hydrogens (primary N) is 1. The van der Waals surface area contributed by atoms with Crippen molar-refractivity contribution in [1.82, 2.24) is 13.6 Å². The van der Waals surface area contributed by atoms with E-state index >= 15 is 0 Å². The predicted octanol–water partition coefficient (Wildman–Crippen LogP) is 2.74. The van der Waals surface area contributed by atoms with Gasteiger partial charge in [0.1, 0.15) is 5.82 Å². The van der Waals surface area contributed by atoms with Crippen LogP contribution in [0.4, 0.5) is 17.2 Å². The molecule has 1 saturated heterocycles. The molecule has 0 saturated carbocycles. The van der Waals surface area contributed by atoms with Crippen molar-refractivity contribution < 1.29 is 13.2 Å². The molecule has 0 unspecified atom stereocenters. The van der Waals surface area contributed by atoms with Gasteiger partial charge in [-0.3, -0.25) is 4.79 Å². The van der Waals surface area contributed by atoms with Crippen molar-refractivity contribution in [3.05, 3.63) is 83.6 Å². The molecule has 0 radical (unpaired) electrons. The Kier molecular flexibility index (Phi) is 6.82. The summed E-state index contributed by atoms with van der Waals surface area (Å²) in [5.41, 5.74) is 9.42. The molecule has 10 heteroatoms. The number of carbonyl (C=O) groups excluding carboxylic acids is 1. The molecule has 0 spiro atoms. The van der Waals surface area contributed by atoms with Crippen LogP contribution in [0.15, 0.2) is 66.9 Å². The van der Waals surface area contributed by atoms with Gasteiger partial charge in [-0.15, -0.1) is 0 Å². The van der Waals surface area contributed by atoms with Crippen molar-refractivity contribution in [1.29, 1.82) is 0 Å². The van der Waals surface area contributed by atoms with Crippen molar-refractivity contribution in [2.24, 2.45) is 5.73 Å². The highest BCUT2D eigenvalue weighted by molar-refractivity contribution is 7.86. The fourth-order valence-electron chi connectivity index (χ4n) is 3.71. The second-order valence-electron chi connectivity index (χ2n) is 8.37. The van der Waals surface area contributed by atoms with Crippen LogP contribution >= 0.6 is 0 Å². The summed E-state index contributed by atoms with van der Waals surface area (Å²) in [4.78, 5) is 16.2. The number of benzene rings is 2. The molecule has 0 bridgehead atoms. The van der Waals surface area contributed by atoms with E-state index in [1.165, 1.54) is 28.9 Å². The first-order valence-electron chi connectivity index (χ1n) is 10.9.